The van der Waals surface area contributed by atoms with Crippen LogP contribution >= 0.6 is 0 Å². The van der Waals surface area contributed by atoms with Gasteiger partial charge in [0, 0.05) is 5.92 Å². The summed E-state index contributed by atoms with van der Waals surface area (Å²) in [4.78, 5) is 12.5. The van der Waals surface area contributed by atoms with Gasteiger partial charge in [0.1, 0.15) is 6.10 Å². The van der Waals surface area contributed by atoms with E-state index < -0.39 is 0 Å². The van der Waals surface area contributed by atoms with E-state index in [0.717, 1.165) is 12.3 Å². The van der Waals surface area contributed by atoms with E-state index in [-0.39, 0.29) is 17.5 Å². The van der Waals surface area contributed by atoms with Gasteiger partial charge in [0.05, 0.1) is 5.41 Å². The summed E-state index contributed by atoms with van der Waals surface area (Å²) < 4.78 is 5.99. The van der Waals surface area contributed by atoms with E-state index in [0.29, 0.717) is 11.8 Å². The predicted molar refractivity (Wildman–Crippen MR) is 86.9 cm³/mol. The van der Waals surface area contributed by atoms with Crippen LogP contribution in [-0.2, 0) is 9.53 Å². The summed E-state index contributed by atoms with van der Waals surface area (Å²) in [6.45, 7) is 10.4. The molecule has 2 aliphatic rings. The number of carbonyl (C=O) groups excluding carboxylic acids is 1. The Morgan fingerprint density at radius 3 is 2.71 bits per heavy atom. The van der Waals surface area contributed by atoms with Crippen LogP contribution in [0.3, 0.4) is 0 Å². The van der Waals surface area contributed by atoms with Crippen molar-refractivity contribution in [3.05, 3.63) is 11.6 Å². The van der Waals surface area contributed by atoms with Crippen molar-refractivity contribution in [3.63, 3.8) is 0 Å². The minimum absolute atomic E-state index is 0.0298. The van der Waals surface area contributed by atoms with E-state index in [1.54, 1.807) is 5.57 Å². The SMILES string of the molecule is CCC(C)(C)C(=O)OC(C(C)C)C1C=C2CCCC(C2)C1. The fourth-order valence-corrected chi connectivity index (χ4v) is 3.68. The molecule has 1 fully saturated rings. The fourth-order valence-electron chi connectivity index (χ4n) is 3.68. The molecular formula is C19H32O2. The largest absolute Gasteiger partial charge is 0.461 e. The van der Waals surface area contributed by atoms with Crippen molar-refractivity contribution in [2.75, 3.05) is 0 Å². The second-order valence-electron chi connectivity index (χ2n) is 8.04. The Morgan fingerprint density at radius 1 is 1.43 bits per heavy atom. The summed E-state index contributed by atoms with van der Waals surface area (Å²) in [7, 11) is 0. The van der Waals surface area contributed by atoms with Gasteiger partial charge in [-0.3, -0.25) is 4.79 Å². The first kappa shape index (κ1) is 16.6. The molecule has 0 aromatic carbocycles. The Balaban J connectivity index is 2.11. The van der Waals surface area contributed by atoms with Crippen LogP contribution in [0.2, 0.25) is 0 Å². The third-order valence-corrected chi connectivity index (χ3v) is 5.48. The fraction of sp³-hybridized carbons (Fsp3) is 0.842. The number of rotatable bonds is 5. The smallest absolute Gasteiger partial charge is 0.311 e. The standard InChI is InChI=1S/C19H32O2/c1-6-19(4,5)18(20)21-17(13(2)3)16-11-14-8-7-9-15(10-14)12-16/h11,13,15-17H,6-10,12H2,1-5H3. The number of hydrogen-bond acceptors (Lipinski definition) is 2. The van der Waals surface area contributed by atoms with Gasteiger partial charge in [-0.25, -0.2) is 0 Å². The summed E-state index contributed by atoms with van der Waals surface area (Å²) in [5, 5.41) is 0. The lowest BCUT2D eigenvalue weighted by Crippen LogP contribution is -2.38. The van der Waals surface area contributed by atoms with Crippen LogP contribution in [0.1, 0.15) is 73.1 Å². The monoisotopic (exact) mass is 292 g/mol. The Bertz CT molecular complexity index is 406. The Labute approximate surface area is 130 Å². The third kappa shape index (κ3) is 3.90. The molecule has 0 amide bonds. The predicted octanol–water partition coefficient (Wildman–Crippen LogP) is 5.13. The lowest BCUT2D eigenvalue weighted by atomic mass is 9.71. The summed E-state index contributed by atoms with van der Waals surface area (Å²) in [6, 6.07) is 0. The molecule has 1 saturated carbocycles. The van der Waals surface area contributed by atoms with Gasteiger partial charge in [0.15, 0.2) is 0 Å². The summed E-state index contributed by atoms with van der Waals surface area (Å²) >= 11 is 0. The molecule has 21 heavy (non-hydrogen) atoms. The Morgan fingerprint density at radius 2 is 2.14 bits per heavy atom. The van der Waals surface area contributed by atoms with Gasteiger partial charge in [0.2, 0.25) is 0 Å². The number of carbonyl (C=O) groups is 1. The first-order valence-corrected chi connectivity index (χ1v) is 8.74. The summed E-state index contributed by atoms with van der Waals surface area (Å²) in [5.74, 6) is 1.60. The molecule has 2 nitrogen and oxygen atoms in total. The second kappa shape index (κ2) is 6.54. The maximum Gasteiger partial charge on any atom is 0.311 e. The van der Waals surface area contributed by atoms with Gasteiger partial charge in [-0.15, -0.1) is 0 Å². The number of ether oxygens (including phenoxy) is 1. The highest BCUT2D eigenvalue weighted by molar-refractivity contribution is 5.76. The average molecular weight is 292 g/mol. The lowest BCUT2D eigenvalue weighted by molar-refractivity contribution is -0.165. The van der Waals surface area contributed by atoms with E-state index >= 15 is 0 Å². The quantitative estimate of drug-likeness (QED) is 0.519. The minimum atomic E-state index is -0.370. The molecule has 0 N–H and O–H groups in total. The summed E-state index contributed by atoms with van der Waals surface area (Å²) in [5.41, 5.74) is 1.24. The third-order valence-electron chi connectivity index (χ3n) is 5.48. The maximum absolute atomic E-state index is 12.5. The van der Waals surface area contributed by atoms with E-state index in [9.17, 15) is 4.79 Å². The number of fused-ring (bicyclic) bond motifs is 2. The first-order chi connectivity index (χ1) is 9.83. The van der Waals surface area contributed by atoms with Gasteiger partial charge < -0.3 is 4.74 Å². The van der Waals surface area contributed by atoms with Gasteiger partial charge in [-0.1, -0.05) is 32.4 Å². The molecule has 0 heterocycles. The average Bonchev–Trinajstić information content (AvgIpc) is 2.43. The molecule has 3 unspecified atom stereocenters. The van der Waals surface area contributed by atoms with Crippen molar-refractivity contribution >= 4 is 5.97 Å². The highest BCUT2D eigenvalue weighted by Crippen LogP contribution is 2.41. The van der Waals surface area contributed by atoms with Gasteiger partial charge in [-0.05, 0) is 64.2 Å². The number of hydrogen-bond donors (Lipinski definition) is 0. The van der Waals surface area contributed by atoms with Gasteiger partial charge in [-0.2, -0.15) is 0 Å². The topological polar surface area (TPSA) is 26.3 Å². The van der Waals surface area contributed by atoms with Crippen molar-refractivity contribution < 1.29 is 9.53 Å². The zero-order valence-corrected chi connectivity index (χ0v) is 14.4. The Hall–Kier alpha value is -0.790. The second-order valence-corrected chi connectivity index (χ2v) is 8.04. The van der Waals surface area contributed by atoms with E-state index in [4.69, 9.17) is 4.74 Å². The first-order valence-electron chi connectivity index (χ1n) is 8.74. The highest BCUT2D eigenvalue weighted by atomic mass is 16.5. The lowest BCUT2D eigenvalue weighted by Gasteiger charge is -2.38. The maximum atomic E-state index is 12.5. The molecule has 0 spiro atoms. The van der Waals surface area contributed by atoms with Gasteiger partial charge >= 0.3 is 5.97 Å². The molecule has 2 bridgehead atoms. The van der Waals surface area contributed by atoms with Crippen molar-refractivity contribution in [2.45, 2.75) is 79.2 Å². The van der Waals surface area contributed by atoms with E-state index in [1.165, 1.54) is 32.1 Å². The zero-order valence-electron chi connectivity index (χ0n) is 14.4. The molecule has 2 heteroatoms. The highest BCUT2D eigenvalue weighted by Gasteiger charge is 2.36. The van der Waals surface area contributed by atoms with E-state index in [2.05, 4.69) is 26.8 Å². The van der Waals surface area contributed by atoms with Crippen molar-refractivity contribution in [1.29, 1.82) is 0 Å². The normalized spacial score (nSPS) is 27.2. The molecular weight excluding hydrogens is 260 g/mol. The van der Waals surface area contributed by atoms with Crippen molar-refractivity contribution in [1.82, 2.24) is 0 Å². The molecule has 0 saturated heterocycles. The van der Waals surface area contributed by atoms with Crippen LogP contribution in [0, 0.1) is 23.2 Å². The van der Waals surface area contributed by atoms with Crippen LogP contribution < -0.4 is 0 Å². The van der Waals surface area contributed by atoms with E-state index in [1.807, 2.05) is 13.8 Å². The minimum Gasteiger partial charge on any atom is -0.461 e. The molecule has 2 rings (SSSR count). The molecule has 120 valence electrons. The molecule has 2 aliphatic carbocycles. The molecule has 0 aromatic rings. The van der Waals surface area contributed by atoms with Crippen LogP contribution in [0.15, 0.2) is 11.6 Å². The van der Waals surface area contributed by atoms with Crippen LogP contribution in [0.25, 0.3) is 0 Å². The Kier molecular flexibility index (Phi) is 5.16. The van der Waals surface area contributed by atoms with Gasteiger partial charge in [0.25, 0.3) is 0 Å². The number of esters is 1. The van der Waals surface area contributed by atoms with Crippen LogP contribution in [0.5, 0.6) is 0 Å². The van der Waals surface area contributed by atoms with Crippen LogP contribution in [-0.4, -0.2) is 12.1 Å². The molecule has 0 radical (unpaired) electrons. The molecule has 0 aliphatic heterocycles. The zero-order chi connectivity index (χ0) is 15.6. The van der Waals surface area contributed by atoms with Crippen molar-refractivity contribution in [2.24, 2.45) is 23.2 Å². The molecule has 3 atom stereocenters. The number of allylic oxidation sites excluding steroid dienone is 1. The molecule has 0 aromatic heterocycles. The van der Waals surface area contributed by atoms with Crippen LogP contribution in [0.4, 0.5) is 0 Å². The summed E-state index contributed by atoms with van der Waals surface area (Å²) in [6.07, 6.45) is 9.75. The van der Waals surface area contributed by atoms with Crippen molar-refractivity contribution in [3.8, 4) is 0 Å².